The van der Waals surface area contributed by atoms with Gasteiger partial charge in [-0.2, -0.15) is 0 Å². The van der Waals surface area contributed by atoms with Crippen molar-refractivity contribution in [1.29, 1.82) is 0 Å². The highest BCUT2D eigenvalue weighted by atomic mass is 35.5. The molecular formula is C10H8ClFO. The summed E-state index contributed by atoms with van der Waals surface area (Å²) < 4.78 is 13.3. The zero-order valence-electron chi connectivity index (χ0n) is 6.94. The van der Waals surface area contributed by atoms with Crippen LogP contribution in [0.2, 0.25) is 5.02 Å². The van der Waals surface area contributed by atoms with Crippen LogP contribution in [0.15, 0.2) is 12.1 Å². The van der Waals surface area contributed by atoms with Gasteiger partial charge in [0.1, 0.15) is 5.82 Å². The van der Waals surface area contributed by atoms with Crippen LogP contribution < -0.4 is 0 Å². The number of rotatable bonds is 0. The Hall–Kier alpha value is -0.890. The van der Waals surface area contributed by atoms with E-state index in [0.717, 1.165) is 6.42 Å². The van der Waals surface area contributed by atoms with Crippen LogP contribution in [0, 0.1) is 5.82 Å². The first-order valence-electron chi connectivity index (χ1n) is 4.19. The molecule has 0 heterocycles. The molecule has 2 rings (SSSR count). The van der Waals surface area contributed by atoms with Crippen molar-refractivity contribution in [3.63, 3.8) is 0 Å². The van der Waals surface area contributed by atoms with Crippen molar-refractivity contribution in [3.8, 4) is 0 Å². The van der Waals surface area contributed by atoms with Crippen molar-refractivity contribution in [3.05, 3.63) is 34.1 Å². The van der Waals surface area contributed by atoms with E-state index in [1.165, 1.54) is 6.07 Å². The summed E-state index contributed by atoms with van der Waals surface area (Å²) in [7, 11) is 0. The maximum Gasteiger partial charge on any atom is 0.163 e. The lowest BCUT2D eigenvalue weighted by Crippen LogP contribution is -2.12. The number of hydrogen-bond donors (Lipinski definition) is 0. The average Bonchev–Trinajstić information content (AvgIpc) is 2.07. The molecule has 0 saturated carbocycles. The minimum Gasteiger partial charge on any atom is -0.294 e. The standard InChI is InChI=1S/C10H8ClFO/c11-6-4-8-7(9(12)5-6)2-1-3-10(8)13/h4-5H,1-3H2. The second kappa shape index (κ2) is 3.11. The van der Waals surface area contributed by atoms with Gasteiger partial charge in [0, 0.05) is 17.0 Å². The van der Waals surface area contributed by atoms with Gasteiger partial charge in [-0.1, -0.05) is 11.6 Å². The molecule has 0 atom stereocenters. The lowest BCUT2D eigenvalue weighted by molar-refractivity contribution is 0.0971. The first-order chi connectivity index (χ1) is 6.18. The quantitative estimate of drug-likeness (QED) is 0.626. The maximum atomic E-state index is 13.3. The number of carbonyl (C=O) groups is 1. The maximum absolute atomic E-state index is 13.3. The van der Waals surface area contributed by atoms with E-state index in [2.05, 4.69) is 0 Å². The Morgan fingerprint density at radius 2 is 2.08 bits per heavy atom. The molecular weight excluding hydrogens is 191 g/mol. The van der Waals surface area contributed by atoms with Gasteiger partial charge in [-0.15, -0.1) is 0 Å². The molecule has 1 aliphatic carbocycles. The fourth-order valence-corrected chi connectivity index (χ4v) is 1.87. The first kappa shape index (κ1) is 8.70. The fourth-order valence-electron chi connectivity index (χ4n) is 1.67. The van der Waals surface area contributed by atoms with Gasteiger partial charge in [0.25, 0.3) is 0 Å². The summed E-state index contributed by atoms with van der Waals surface area (Å²) in [6, 6.07) is 2.82. The predicted octanol–water partition coefficient (Wildman–Crippen LogP) is 3.00. The largest absolute Gasteiger partial charge is 0.294 e. The zero-order chi connectivity index (χ0) is 9.42. The summed E-state index contributed by atoms with van der Waals surface area (Å²) in [5.74, 6) is -0.349. The topological polar surface area (TPSA) is 17.1 Å². The van der Waals surface area contributed by atoms with Gasteiger partial charge >= 0.3 is 0 Å². The Morgan fingerprint density at radius 1 is 1.31 bits per heavy atom. The van der Waals surface area contributed by atoms with Crippen LogP contribution in [-0.2, 0) is 6.42 Å². The molecule has 0 amide bonds. The number of ketones is 1. The molecule has 0 saturated heterocycles. The Kier molecular flexibility index (Phi) is 2.08. The first-order valence-corrected chi connectivity index (χ1v) is 4.57. The third kappa shape index (κ3) is 1.46. The van der Waals surface area contributed by atoms with Crippen LogP contribution in [0.25, 0.3) is 0 Å². The Labute approximate surface area is 80.5 Å². The summed E-state index contributed by atoms with van der Waals surface area (Å²) in [4.78, 5) is 11.4. The van der Waals surface area contributed by atoms with E-state index in [-0.39, 0.29) is 11.6 Å². The van der Waals surface area contributed by atoms with Gasteiger partial charge < -0.3 is 0 Å². The molecule has 0 spiro atoms. The molecule has 0 unspecified atom stereocenters. The van der Waals surface area contributed by atoms with Crippen LogP contribution >= 0.6 is 11.6 Å². The third-order valence-electron chi connectivity index (χ3n) is 2.29. The SMILES string of the molecule is O=C1CCCc2c(F)cc(Cl)cc21. The summed E-state index contributed by atoms with van der Waals surface area (Å²) >= 11 is 5.66. The van der Waals surface area contributed by atoms with E-state index in [1.54, 1.807) is 6.07 Å². The highest BCUT2D eigenvalue weighted by molar-refractivity contribution is 6.31. The lowest BCUT2D eigenvalue weighted by atomic mass is 9.90. The Bertz CT molecular complexity index is 373. The van der Waals surface area contributed by atoms with Gasteiger partial charge in [0.2, 0.25) is 0 Å². The molecule has 1 aromatic carbocycles. The van der Waals surface area contributed by atoms with E-state index in [0.29, 0.717) is 29.0 Å². The molecule has 3 heteroatoms. The van der Waals surface area contributed by atoms with E-state index in [9.17, 15) is 9.18 Å². The molecule has 68 valence electrons. The van der Waals surface area contributed by atoms with Crippen LogP contribution in [-0.4, -0.2) is 5.78 Å². The van der Waals surface area contributed by atoms with Gasteiger partial charge in [-0.25, -0.2) is 4.39 Å². The van der Waals surface area contributed by atoms with Gasteiger partial charge in [-0.3, -0.25) is 4.79 Å². The number of Topliss-reactive ketones (excluding diaryl/α,β-unsaturated/α-hetero) is 1. The number of halogens is 2. The van der Waals surface area contributed by atoms with Crippen molar-refractivity contribution in [2.45, 2.75) is 19.3 Å². The number of fused-ring (bicyclic) bond motifs is 1. The van der Waals surface area contributed by atoms with Crippen molar-refractivity contribution < 1.29 is 9.18 Å². The normalized spacial score (nSPS) is 15.7. The van der Waals surface area contributed by atoms with Crippen LogP contribution in [0.1, 0.15) is 28.8 Å². The molecule has 0 bridgehead atoms. The zero-order valence-corrected chi connectivity index (χ0v) is 7.70. The molecule has 1 nitrogen and oxygen atoms in total. The lowest BCUT2D eigenvalue weighted by Gasteiger charge is -2.15. The predicted molar refractivity (Wildman–Crippen MR) is 48.7 cm³/mol. The molecule has 0 aliphatic heterocycles. The molecule has 1 aromatic rings. The van der Waals surface area contributed by atoms with Gasteiger partial charge in [0.05, 0.1) is 0 Å². The highest BCUT2D eigenvalue weighted by Crippen LogP contribution is 2.26. The number of hydrogen-bond acceptors (Lipinski definition) is 1. The second-order valence-electron chi connectivity index (χ2n) is 3.19. The average molecular weight is 199 g/mol. The van der Waals surface area contributed by atoms with Crippen LogP contribution in [0.3, 0.4) is 0 Å². The van der Waals surface area contributed by atoms with E-state index in [1.807, 2.05) is 0 Å². The van der Waals surface area contributed by atoms with Crippen LogP contribution in [0.4, 0.5) is 4.39 Å². The molecule has 0 aromatic heterocycles. The van der Waals surface area contributed by atoms with Crippen molar-refractivity contribution >= 4 is 17.4 Å². The fraction of sp³-hybridized carbons (Fsp3) is 0.300. The summed E-state index contributed by atoms with van der Waals surface area (Å²) in [6.07, 6.45) is 1.89. The molecule has 13 heavy (non-hydrogen) atoms. The van der Waals surface area contributed by atoms with E-state index >= 15 is 0 Å². The van der Waals surface area contributed by atoms with Crippen LogP contribution in [0.5, 0.6) is 0 Å². The van der Waals surface area contributed by atoms with Crippen molar-refractivity contribution in [2.24, 2.45) is 0 Å². The molecule has 0 N–H and O–H groups in total. The monoisotopic (exact) mass is 198 g/mol. The summed E-state index contributed by atoms with van der Waals surface area (Å²) in [5.41, 5.74) is 0.997. The molecule has 1 aliphatic rings. The van der Waals surface area contributed by atoms with Crippen molar-refractivity contribution in [1.82, 2.24) is 0 Å². The minimum absolute atomic E-state index is 0.00245. The number of carbonyl (C=O) groups excluding carboxylic acids is 1. The molecule has 0 radical (unpaired) electrons. The minimum atomic E-state index is -0.351. The van der Waals surface area contributed by atoms with Gasteiger partial charge in [-0.05, 0) is 30.5 Å². The summed E-state index contributed by atoms with van der Waals surface area (Å²) in [6.45, 7) is 0. The van der Waals surface area contributed by atoms with E-state index < -0.39 is 0 Å². The Balaban J connectivity index is 2.63. The Morgan fingerprint density at radius 3 is 2.85 bits per heavy atom. The smallest absolute Gasteiger partial charge is 0.163 e. The number of benzene rings is 1. The van der Waals surface area contributed by atoms with E-state index in [4.69, 9.17) is 11.6 Å². The third-order valence-corrected chi connectivity index (χ3v) is 2.51. The highest BCUT2D eigenvalue weighted by Gasteiger charge is 2.20. The van der Waals surface area contributed by atoms with Crippen molar-refractivity contribution in [2.75, 3.05) is 0 Å². The molecule has 0 fully saturated rings. The van der Waals surface area contributed by atoms with Gasteiger partial charge in [0.15, 0.2) is 5.78 Å². The summed E-state index contributed by atoms with van der Waals surface area (Å²) in [5, 5.41) is 0.298. The second-order valence-corrected chi connectivity index (χ2v) is 3.63.